The summed E-state index contributed by atoms with van der Waals surface area (Å²) in [6, 6.07) is 18.1. The van der Waals surface area contributed by atoms with Crippen molar-refractivity contribution in [1.29, 1.82) is 0 Å². The lowest BCUT2D eigenvalue weighted by atomic mass is 10.1. The molecule has 0 saturated carbocycles. The fourth-order valence-corrected chi connectivity index (χ4v) is 3.56. The first-order chi connectivity index (χ1) is 11.7. The van der Waals surface area contributed by atoms with Crippen molar-refractivity contribution < 1.29 is 5.11 Å². The maximum Gasteiger partial charge on any atom is 0.251 e. The van der Waals surface area contributed by atoms with Crippen LogP contribution in [0, 0.1) is 0 Å². The molecule has 1 atom stereocenters. The number of benzene rings is 2. The number of nitrogens with one attached hydrogen (secondary N) is 2. The first-order valence-corrected chi connectivity index (χ1v) is 8.31. The molecule has 0 fully saturated rings. The van der Waals surface area contributed by atoms with Crippen LogP contribution in [0.1, 0.15) is 16.7 Å². The Bertz CT molecular complexity index is 907. The van der Waals surface area contributed by atoms with Crippen LogP contribution < -0.4 is 10.9 Å². The Hall–Kier alpha value is -2.43. The van der Waals surface area contributed by atoms with Crippen molar-refractivity contribution in [1.82, 2.24) is 10.3 Å². The molecule has 1 aromatic heterocycles. The third-order valence-electron chi connectivity index (χ3n) is 4.72. The van der Waals surface area contributed by atoms with Crippen LogP contribution in [0.5, 0.6) is 0 Å². The zero-order chi connectivity index (χ0) is 16.5. The molecule has 2 aromatic carbocycles. The summed E-state index contributed by atoms with van der Waals surface area (Å²) in [5, 5.41) is 14.6. The van der Waals surface area contributed by atoms with Crippen molar-refractivity contribution in [3.63, 3.8) is 0 Å². The minimum Gasteiger partial charge on any atom is -0.378 e. The Balaban J connectivity index is 1.46. The second kappa shape index (κ2) is 6.23. The third-order valence-corrected chi connectivity index (χ3v) is 4.72. The summed E-state index contributed by atoms with van der Waals surface area (Å²) < 4.78 is 0. The zero-order valence-corrected chi connectivity index (χ0v) is 13.3. The molecule has 1 unspecified atom stereocenters. The summed E-state index contributed by atoms with van der Waals surface area (Å²) >= 11 is 0. The molecule has 24 heavy (non-hydrogen) atoms. The highest BCUT2D eigenvalue weighted by Gasteiger charge is 2.23. The van der Waals surface area contributed by atoms with Crippen LogP contribution in [-0.2, 0) is 19.3 Å². The van der Waals surface area contributed by atoms with E-state index < -0.39 is 6.23 Å². The Morgan fingerprint density at radius 1 is 1.08 bits per heavy atom. The Morgan fingerprint density at radius 2 is 1.75 bits per heavy atom. The predicted molar refractivity (Wildman–Crippen MR) is 95.1 cm³/mol. The SMILES string of the molecule is O=c1[nH]c2ccccc2cc1CC(O)NC1Cc2ccccc2C1. The van der Waals surface area contributed by atoms with Crippen LogP contribution in [0.15, 0.2) is 59.4 Å². The van der Waals surface area contributed by atoms with Gasteiger partial charge in [0.2, 0.25) is 0 Å². The van der Waals surface area contributed by atoms with Crippen LogP contribution in [0.4, 0.5) is 0 Å². The number of H-pyrrole nitrogens is 1. The smallest absolute Gasteiger partial charge is 0.251 e. The van der Waals surface area contributed by atoms with Gasteiger partial charge in [0, 0.05) is 23.5 Å². The molecular formula is C20H20N2O2. The Morgan fingerprint density at radius 3 is 2.50 bits per heavy atom. The molecular weight excluding hydrogens is 300 g/mol. The topological polar surface area (TPSA) is 65.1 Å². The van der Waals surface area contributed by atoms with Crippen molar-refractivity contribution >= 4 is 10.9 Å². The van der Waals surface area contributed by atoms with Gasteiger partial charge < -0.3 is 10.1 Å². The van der Waals surface area contributed by atoms with Crippen LogP contribution in [0.2, 0.25) is 0 Å². The molecule has 1 aliphatic carbocycles. The van der Waals surface area contributed by atoms with Crippen molar-refractivity contribution in [3.8, 4) is 0 Å². The second-order valence-corrected chi connectivity index (χ2v) is 6.47. The predicted octanol–water partition coefficient (Wildman–Crippen LogP) is 2.15. The lowest BCUT2D eigenvalue weighted by molar-refractivity contribution is 0.123. The molecule has 122 valence electrons. The van der Waals surface area contributed by atoms with E-state index in [1.807, 2.05) is 42.5 Å². The molecule has 0 saturated heterocycles. The minimum atomic E-state index is -0.730. The number of aromatic amines is 1. The van der Waals surface area contributed by atoms with Crippen molar-refractivity contribution in [3.05, 3.63) is 81.6 Å². The molecule has 3 aromatic rings. The zero-order valence-electron chi connectivity index (χ0n) is 13.3. The Kier molecular flexibility index (Phi) is 3.92. The van der Waals surface area contributed by atoms with E-state index in [-0.39, 0.29) is 11.6 Å². The molecule has 3 N–H and O–H groups in total. The van der Waals surface area contributed by atoms with Gasteiger partial charge in [0.15, 0.2) is 0 Å². The summed E-state index contributed by atoms with van der Waals surface area (Å²) in [6.07, 6.45) is 1.40. The van der Waals surface area contributed by atoms with Gasteiger partial charge in [-0.1, -0.05) is 42.5 Å². The van der Waals surface area contributed by atoms with E-state index in [4.69, 9.17) is 0 Å². The van der Waals surface area contributed by atoms with E-state index in [0.717, 1.165) is 23.7 Å². The molecule has 0 bridgehead atoms. The van der Waals surface area contributed by atoms with Crippen molar-refractivity contribution in [2.45, 2.75) is 31.5 Å². The quantitative estimate of drug-likeness (QED) is 0.645. The van der Waals surface area contributed by atoms with Gasteiger partial charge in [-0.3, -0.25) is 10.1 Å². The Labute approximate surface area is 140 Å². The van der Waals surface area contributed by atoms with Crippen molar-refractivity contribution in [2.75, 3.05) is 0 Å². The molecule has 0 amide bonds. The average Bonchev–Trinajstić information content (AvgIpc) is 2.97. The summed E-state index contributed by atoms with van der Waals surface area (Å²) in [7, 11) is 0. The second-order valence-electron chi connectivity index (χ2n) is 6.47. The number of aromatic nitrogens is 1. The maximum absolute atomic E-state index is 12.2. The molecule has 0 radical (unpaired) electrons. The third kappa shape index (κ3) is 2.98. The van der Waals surface area contributed by atoms with Crippen LogP contribution in [0.3, 0.4) is 0 Å². The summed E-state index contributed by atoms with van der Waals surface area (Å²) in [6.45, 7) is 0. The highest BCUT2D eigenvalue weighted by Crippen LogP contribution is 2.22. The van der Waals surface area contributed by atoms with Crippen LogP contribution >= 0.6 is 0 Å². The molecule has 1 heterocycles. The van der Waals surface area contributed by atoms with Gasteiger partial charge in [-0.15, -0.1) is 0 Å². The van der Waals surface area contributed by atoms with Crippen molar-refractivity contribution in [2.24, 2.45) is 0 Å². The van der Waals surface area contributed by atoms with Gasteiger partial charge in [0.25, 0.3) is 5.56 Å². The van der Waals surface area contributed by atoms with Gasteiger partial charge >= 0.3 is 0 Å². The summed E-state index contributed by atoms with van der Waals surface area (Å²) in [5.41, 5.74) is 3.96. The molecule has 1 aliphatic rings. The number of aliphatic hydroxyl groups is 1. The first-order valence-electron chi connectivity index (χ1n) is 8.31. The van der Waals surface area contributed by atoms with E-state index >= 15 is 0 Å². The highest BCUT2D eigenvalue weighted by molar-refractivity contribution is 5.78. The van der Waals surface area contributed by atoms with Gasteiger partial charge in [-0.25, -0.2) is 0 Å². The molecule has 0 aliphatic heterocycles. The monoisotopic (exact) mass is 320 g/mol. The number of aliphatic hydroxyl groups excluding tert-OH is 1. The minimum absolute atomic E-state index is 0.135. The average molecular weight is 320 g/mol. The van der Waals surface area contributed by atoms with Gasteiger partial charge in [0.1, 0.15) is 6.23 Å². The van der Waals surface area contributed by atoms with Crippen LogP contribution in [-0.4, -0.2) is 22.4 Å². The van der Waals surface area contributed by atoms with E-state index in [2.05, 4.69) is 22.4 Å². The van der Waals surface area contributed by atoms with E-state index in [1.165, 1.54) is 11.1 Å². The number of pyridine rings is 1. The normalized spacial score (nSPS) is 15.5. The molecule has 4 nitrogen and oxygen atoms in total. The lowest BCUT2D eigenvalue weighted by Crippen LogP contribution is -2.40. The maximum atomic E-state index is 12.2. The van der Waals surface area contributed by atoms with Gasteiger partial charge in [0.05, 0.1) is 0 Å². The van der Waals surface area contributed by atoms with E-state index in [1.54, 1.807) is 0 Å². The molecule has 4 rings (SSSR count). The van der Waals surface area contributed by atoms with Gasteiger partial charge in [-0.2, -0.15) is 0 Å². The standard InChI is InChI=1S/C20H20N2O2/c23-19(21-17-10-13-5-1-2-6-14(13)11-17)12-16-9-15-7-3-4-8-18(15)22-20(16)24/h1-9,17,19,21,23H,10-12H2,(H,22,24). The largest absolute Gasteiger partial charge is 0.378 e. The van der Waals surface area contributed by atoms with E-state index in [9.17, 15) is 9.90 Å². The lowest BCUT2D eigenvalue weighted by Gasteiger charge is -2.18. The molecule has 0 spiro atoms. The first kappa shape index (κ1) is 15.1. The molecule has 4 heteroatoms. The summed E-state index contributed by atoms with van der Waals surface area (Å²) in [4.78, 5) is 15.1. The highest BCUT2D eigenvalue weighted by atomic mass is 16.3. The number of hydrogen-bond donors (Lipinski definition) is 3. The number of fused-ring (bicyclic) bond motifs is 2. The number of hydrogen-bond acceptors (Lipinski definition) is 3. The summed E-state index contributed by atoms with van der Waals surface area (Å²) in [5.74, 6) is 0. The van der Waals surface area contributed by atoms with Crippen LogP contribution in [0.25, 0.3) is 10.9 Å². The van der Waals surface area contributed by atoms with E-state index in [0.29, 0.717) is 12.0 Å². The fourth-order valence-electron chi connectivity index (χ4n) is 3.56. The number of rotatable bonds is 4. The van der Waals surface area contributed by atoms with Gasteiger partial charge in [-0.05, 0) is 41.5 Å². The number of para-hydroxylation sites is 1. The fraction of sp³-hybridized carbons (Fsp3) is 0.250.